The zero-order valence-electron chi connectivity index (χ0n) is 7.45. The van der Waals surface area contributed by atoms with E-state index in [-0.39, 0.29) is 5.91 Å². The van der Waals surface area contributed by atoms with Gasteiger partial charge in [-0.15, -0.1) is 0 Å². The zero-order chi connectivity index (χ0) is 10.1. The maximum atomic E-state index is 10.9. The molecule has 0 radical (unpaired) electrons. The van der Waals surface area contributed by atoms with E-state index in [1.54, 1.807) is 0 Å². The molecule has 0 aliphatic carbocycles. The number of amides is 1. The van der Waals surface area contributed by atoms with Crippen molar-refractivity contribution in [3.63, 3.8) is 0 Å². The van der Waals surface area contributed by atoms with Crippen molar-refractivity contribution in [2.45, 2.75) is 19.8 Å². The lowest BCUT2D eigenvalue weighted by atomic mass is 10.3. The summed E-state index contributed by atoms with van der Waals surface area (Å²) in [4.78, 5) is 24.5. The summed E-state index contributed by atoms with van der Waals surface area (Å²) in [5.41, 5.74) is 0. The lowest BCUT2D eigenvalue weighted by Gasteiger charge is -1.98. The highest BCUT2D eigenvalue weighted by atomic mass is 17.1. The van der Waals surface area contributed by atoms with Crippen LogP contribution < -0.4 is 5.32 Å². The van der Waals surface area contributed by atoms with Crippen molar-refractivity contribution < 1.29 is 19.7 Å². The average Bonchev–Trinajstić information content (AvgIpc) is 2.14. The molecule has 13 heavy (non-hydrogen) atoms. The molecule has 2 N–H and O–H groups in total. The van der Waals surface area contributed by atoms with Crippen LogP contribution in [-0.4, -0.2) is 23.7 Å². The van der Waals surface area contributed by atoms with Crippen molar-refractivity contribution in [2.24, 2.45) is 0 Å². The van der Waals surface area contributed by atoms with Gasteiger partial charge in [0.05, 0.1) is 0 Å². The molecule has 0 aromatic rings. The largest absolute Gasteiger partial charge is 0.365 e. The molecule has 0 aromatic heterocycles. The van der Waals surface area contributed by atoms with Gasteiger partial charge in [-0.25, -0.2) is 4.79 Å². The normalized spacial score (nSPS) is 10.0. The Morgan fingerprint density at radius 2 is 2.15 bits per heavy atom. The summed E-state index contributed by atoms with van der Waals surface area (Å²) >= 11 is 0. The zero-order valence-corrected chi connectivity index (χ0v) is 7.45. The molecule has 0 aliphatic rings. The molecule has 0 rings (SSSR count). The molecule has 1 amide bonds. The summed E-state index contributed by atoms with van der Waals surface area (Å²) in [5.74, 6) is -1.34. The fourth-order valence-corrected chi connectivity index (χ4v) is 0.621. The monoisotopic (exact) mass is 187 g/mol. The molecular formula is C8H13NO4. The summed E-state index contributed by atoms with van der Waals surface area (Å²) in [6.07, 6.45) is 3.74. The minimum atomic E-state index is -0.967. The highest BCUT2D eigenvalue weighted by Crippen LogP contribution is 1.83. The highest BCUT2D eigenvalue weighted by molar-refractivity contribution is 5.94. The van der Waals surface area contributed by atoms with Gasteiger partial charge in [0.1, 0.15) is 0 Å². The number of nitrogens with one attached hydrogen (secondary N) is 1. The lowest BCUT2D eigenvalue weighted by molar-refractivity contribution is -0.228. The first-order chi connectivity index (χ1) is 6.20. The number of carbonyl (C=O) groups is 2. The maximum Gasteiger partial charge on any atom is 0.365 e. The number of unbranched alkanes of at least 4 members (excludes halogenated alkanes) is 1. The molecule has 0 heterocycles. The van der Waals surface area contributed by atoms with Crippen LogP contribution in [-0.2, 0) is 14.5 Å². The van der Waals surface area contributed by atoms with Crippen LogP contribution >= 0.6 is 0 Å². The van der Waals surface area contributed by atoms with Crippen LogP contribution in [0.5, 0.6) is 0 Å². The number of hydrogen-bond acceptors (Lipinski definition) is 4. The predicted molar refractivity (Wildman–Crippen MR) is 45.8 cm³/mol. The second kappa shape index (κ2) is 7.30. The van der Waals surface area contributed by atoms with E-state index in [9.17, 15) is 9.59 Å². The Balaban J connectivity index is 3.61. The Morgan fingerprint density at radius 3 is 2.69 bits per heavy atom. The molecule has 0 atom stereocenters. The van der Waals surface area contributed by atoms with E-state index in [0.717, 1.165) is 25.0 Å². The summed E-state index contributed by atoms with van der Waals surface area (Å²) in [6.45, 7) is 2.58. The van der Waals surface area contributed by atoms with E-state index in [2.05, 4.69) is 10.2 Å². The molecule has 0 aliphatic heterocycles. The molecule has 0 unspecified atom stereocenters. The molecule has 5 nitrogen and oxygen atoms in total. The topological polar surface area (TPSA) is 75.6 Å². The molecule has 5 heteroatoms. The van der Waals surface area contributed by atoms with Crippen LogP contribution in [0.4, 0.5) is 0 Å². The Bertz CT molecular complexity index is 200. The maximum absolute atomic E-state index is 10.9. The van der Waals surface area contributed by atoms with Crippen molar-refractivity contribution in [3.05, 3.63) is 12.2 Å². The summed E-state index contributed by atoms with van der Waals surface area (Å²) in [7, 11) is 0. The molecule has 74 valence electrons. The Hall–Kier alpha value is -1.36. The number of rotatable bonds is 5. The molecular weight excluding hydrogens is 174 g/mol. The molecule has 0 saturated carbocycles. The first kappa shape index (κ1) is 11.6. The Morgan fingerprint density at radius 1 is 1.46 bits per heavy atom. The van der Waals surface area contributed by atoms with E-state index in [0.29, 0.717) is 6.54 Å². The van der Waals surface area contributed by atoms with Gasteiger partial charge < -0.3 is 5.32 Å². The molecule has 0 bridgehead atoms. The second-order valence-electron chi connectivity index (χ2n) is 2.39. The van der Waals surface area contributed by atoms with Crippen molar-refractivity contribution >= 4 is 11.9 Å². The van der Waals surface area contributed by atoms with Crippen molar-refractivity contribution in [1.29, 1.82) is 0 Å². The van der Waals surface area contributed by atoms with Crippen LogP contribution in [0.3, 0.4) is 0 Å². The summed E-state index contributed by atoms with van der Waals surface area (Å²) in [5, 5.41) is 10.4. The van der Waals surface area contributed by atoms with Crippen molar-refractivity contribution in [1.82, 2.24) is 5.32 Å². The minimum Gasteiger partial charge on any atom is -0.353 e. The minimum absolute atomic E-state index is 0.376. The molecule has 0 aromatic carbocycles. The Labute approximate surface area is 76.3 Å². The number of carbonyl (C=O) groups excluding carboxylic acids is 2. The van der Waals surface area contributed by atoms with E-state index in [1.807, 2.05) is 6.92 Å². The highest BCUT2D eigenvalue weighted by Gasteiger charge is 1.97. The quantitative estimate of drug-likeness (QED) is 0.284. The first-order valence-corrected chi connectivity index (χ1v) is 4.02. The van der Waals surface area contributed by atoms with Gasteiger partial charge in [-0.2, -0.15) is 5.26 Å². The third-order valence-corrected chi connectivity index (χ3v) is 1.29. The van der Waals surface area contributed by atoms with Crippen LogP contribution in [0.15, 0.2) is 12.2 Å². The van der Waals surface area contributed by atoms with Gasteiger partial charge in [-0.05, 0) is 6.42 Å². The average molecular weight is 187 g/mol. The number of hydrogen-bond donors (Lipinski definition) is 2. The summed E-state index contributed by atoms with van der Waals surface area (Å²) in [6, 6.07) is 0. The fourth-order valence-electron chi connectivity index (χ4n) is 0.621. The van der Waals surface area contributed by atoms with Gasteiger partial charge >= 0.3 is 5.97 Å². The van der Waals surface area contributed by atoms with Gasteiger partial charge in [0.25, 0.3) is 0 Å². The van der Waals surface area contributed by atoms with E-state index in [1.165, 1.54) is 0 Å². The van der Waals surface area contributed by atoms with E-state index >= 15 is 0 Å². The van der Waals surface area contributed by atoms with Crippen molar-refractivity contribution in [2.75, 3.05) is 6.54 Å². The van der Waals surface area contributed by atoms with Gasteiger partial charge in [0.2, 0.25) is 5.91 Å². The van der Waals surface area contributed by atoms with Gasteiger partial charge in [-0.1, -0.05) is 13.3 Å². The standard InChI is InChI=1S/C8H13NO4/c1-2-3-6-9-7(10)4-5-8(11)13-12/h4-5,12H,2-3,6H2,1H3,(H,9,10)/b5-4-. The summed E-state index contributed by atoms with van der Waals surface area (Å²) < 4.78 is 0. The second-order valence-corrected chi connectivity index (χ2v) is 2.39. The SMILES string of the molecule is CCCCNC(=O)/C=C\C(=O)OO. The Kier molecular flexibility index (Phi) is 6.53. The first-order valence-electron chi connectivity index (χ1n) is 4.02. The van der Waals surface area contributed by atoms with E-state index in [4.69, 9.17) is 5.26 Å². The molecule has 0 spiro atoms. The van der Waals surface area contributed by atoms with Crippen LogP contribution in [0, 0.1) is 0 Å². The van der Waals surface area contributed by atoms with Crippen LogP contribution in [0.25, 0.3) is 0 Å². The predicted octanol–water partition coefficient (Wildman–Crippen LogP) is 0.475. The smallest absolute Gasteiger partial charge is 0.353 e. The van der Waals surface area contributed by atoms with E-state index < -0.39 is 5.97 Å². The van der Waals surface area contributed by atoms with Gasteiger partial charge in [-0.3, -0.25) is 9.68 Å². The molecule has 0 saturated heterocycles. The van der Waals surface area contributed by atoms with Gasteiger partial charge in [0, 0.05) is 18.7 Å². The van der Waals surface area contributed by atoms with Crippen molar-refractivity contribution in [3.8, 4) is 0 Å². The molecule has 0 fully saturated rings. The lowest BCUT2D eigenvalue weighted by Crippen LogP contribution is -2.22. The third kappa shape index (κ3) is 7.02. The third-order valence-electron chi connectivity index (χ3n) is 1.29. The van der Waals surface area contributed by atoms with Crippen LogP contribution in [0.1, 0.15) is 19.8 Å². The fraction of sp³-hybridized carbons (Fsp3) is 0.500. The van der Waals surface area contributed by atoms with Crippen LogP contribution in [0.2, 0.25) is 0 Å². The van der Waals surface area contributed by atoms with Gasteiger partial charge in [0.15, 0.2) is 0 Å².